The fourth-order valence-corrected chi connectivity index (χ4v) is 2.82. The van der Waals surface area contributed by atoms with Crippen LogP contribution in [0, 0.1) is 0 Å². The summed E-state index contributed by atoms with van der Waals surface area (Å²) in [5.41, 5.74) is -0.446. The predicted molar refractivity (Wildman–Crippen MR) is 84.3 cm³/mol. The molecule has 0 spiro atoms. The first kappa shape index (κ1) is 18.2. The van der Waals surface area contributed by atoms with Gasteiger partial charge < -0.3 is 20.1 Å². The van der Waals surface area contributed by atoms with Crippen LogP contribution in [-0.2, 0) is 4.74 Å². The number of hydrogen-bond donors (Lipinski definition) is 2. The molecule has 1 aliphatic heterocycles. The maximum Gasteiger partial charge on any atom is 0.410 e. The van der Waals surface area contributed by atoms with Gasteiger partial charge in [0.05, 0.1) is 6.61 Å². The maximum atomic E-state index is 12.2. The monoisotopic (exact) mass is 300 g/mol. The molecule has 0 aliphatic carbocycles. The molecular formula is C16H32N2O3. The summed E-state index contributed by atoms with van der Waals surface area (Å²) in [5.74, 6) is 0. The van der Waals surface area contributed by atoms with Crippen molar-refractivity contribution in [3.05, 3.63) is 0 Å². The Labute approximate surface area is 129 Å². The average molecular weight is 300 g/mol. The van der Waals surface area contributed by atoms with Crippen LogP contribution >= 0.6 is 0 Å². The van der Waals surface area contributed by atoms with E-state index in [-0.39, 0.29) is 30.8 Å². The zero-order valence-electron chi connectivity index (χ0n) is 14.2. The zero-order valence-corrected chi connectivity index (χ0v) is 14.2. The van der Waals surface area contributed by atoms with Crippen molar-refractivity contribution in [1.29, 1.82) is 0 Å². The summed E-state index contributed by atoms with van der Waals surface area (Å²) >= 11 is 0. The van der Waals surface area contributed by atoms with E-state index in [2.05, 4.69) is 19.2 Å². The Morgan fingerprint density at radius 2 is 2.14 bits per heavy atom. The van der Waals surface area contributed by atoms with Crippen molar-refractivity contribution in [3.8, 4) is 0 Å². The van der Waals surface area contributed by atoms with Crippen LogP contribution in [0.2, 0.25) is 0 Å². The summed E-state index contributed by atoms with van der Waals surface area (Å²) in [4.78, 5) is 14.1. The minimum Gasteiger partial charge on any atom is -0.444 e. The highest BCUT2D eigenvalue weighted by molar-refractivity contribution is 5.68. The molecule has 0 radical (unpaired) electrons. The van der Waals surface area contributed by atoms with Gasteiger partial charge in [-0.2, -0.15) is 0 Å². The van der Waals surface area contributed by atoms with Crippen LogP contribution in [0.5, 0.6) is 0 Å². The van der Waals surface area contributed by atoms with Crippen LogP contribution in [0.3, 0.4) is 0 Å². The fourth-order valence-electron chi connectivity index (χ4n) is 2.82. The molecule has 1 fully saturated rings. The van der Waals surface area contributed by atoms with Crippen LogP contribution in [0.1, 0.15) is 60.3 Å². The normalized spacial score (nSPS) is 22.2. The van der Waals surface area contributed by atoms with Crippen molar-refractivity contribution in [2.24, 2.45) is 0 Å². The van der Waals surface area contributed by atoms with Crippen molar-refractivity contribution in [2.75, 3.05) is 13.2 Å². The van der Waals surface area contributed by atoms with Gasteiger partial charge in [0, 0.05) is 24.7 Å². The largest absolute Gasteiger partial charge is 0.444 e. The number of nitrogens with one attached hydrogen (secondary N) is 1. The van der Waals surface area contributed by atoms with Gasteiger partial charge in [0.2, 0.25) is 0 Å². The van der Waals surface area contributed by atoms with E-state index in [4.69, 9.17) is 4.74 Å². The fraction of sp³-hybridized carbons (Fsp3) is 0.938. The van der Waals surface area contributed by atoms with Gasteiger partial charge in [0.1, 0.15) is 5.60 Å². The van der Waals surface area contributed by atoms with Gasteiger partial charge >= 0.3 is 6.09 Å². The quantitative estimate of drug-likeness (QED) is 0.791. The van der Waals surface area contributed by atoms with E-state index in [1.807, 2.05) is 25.7 Å². The van der Waals surface area contributed by atoms with Crippen LogP contribution < -0.4 is 5.32 Å². The number of hydrogen-bond acceptors (Lipinski definition) is 4. The standard InChI is InChI=1S/C16H32N2O3/c1-6-13(11-19)17-12(2)10-14-8-7-9-18(14)15(20)21-16(3,4)5/h12-14,17,19H,6-11H2,1-5H3/t12?,13-,14?/m0/s1. The van der Waals surface area contributed by atoms with Crippen molar-refractivity contribution in [1.82, 2.24) is 10.2 Å². The Morgan fingerprint density at radius 3 is 2.67 bits per heavy atom. The number of carbonyl (C=O) groups is 1. The minimum absolute atomic E-state index is 0.136. The first-order chi connectivity index (χ1) is 9.76. The molecule has 2 N–H and O–H groups in total. The van der Waals surface area contributed by atoms with E-state index in [1.165, 1.54) is 0 Å². The highest BCUT2D eigenvalue weighted by Gasteiger charge is 2.33. The Kier molecular flexibility index (Phi) is 6.94. The van der Waals surface area contributed by atoms with Gasteiger partial charge in [0.15, 0.2) is 0 Å². The van der Waals surface area contributed by atoms with E-state index in [1.54, 1.807) is 0 Å². The number of rotatable bonds is 6. The molecule has 0 aromatic heterocycles. The Bertz CT molecular complexity index is 324. The molecule has 0 aromatic carbocycles. The second-order valence-corrected chi connectivity index (χ2v) is 7.06. The average Bonchev–Trinajstić information content (AvgIpc) is 2.82. The highest BCUT2D eigenvalue weighted by Crippen LogP contribution is 2.24. The van der Waals surface area contributed by atoms with E-state index < -0.39 is 5.60 Å². The minimum atomic E-state index is -0.446. The molecule has 21 heavy (non-hydrogen) atoms. The van der Waals surface area contributed by atoms with E-state index in [0.29, 0.717) is 0 Å². The van der Waals surface area contributed by atoms with Crippen LogP contribution in [-0.4, -0.2) is 53.0 Å². The SMILES string of the molecule is CC[C@@H](CO)NC(C)CC1CCCN1C(=O)OC(C)(C)C. The van der Waals surface area contributed by atoms with Crippen molar-refractivity contribution < 1.29 is 14.6 Å². The van der Waals surface area contributed by atoms with E-state index in [0.717, 1.165) is 32.2 Å². The lowest BCUT2D eigenvalue weighted by Gasteiger charge is -2.31. The summed E-state index contributed by atoms with van der Waals surface area (Å²) in [6.45, 7) is 10.8. The highest BCUT2D eigenvalue weighted by atomic mass is 16.6. The molecule has 124 valence electrons. The van der Waals surface area contributed by atoms with Gasteiger partial charge in [-0.05, 0) is 53.4 Å². The first-order valence-corrected chi connectivity index (χ1v) is 8.13. The molecule has 1 saturated heterocycles. The smallest absolute Gasteiger partial charge is 0.410 e. The second-order valence-electron chi connectivity index (χ2n) is 7.06. The van der Waals surface area contributed by atoms with Gasteiger partial charge in [-0.15, -0.1) is 0 Å². The van der Waals surface area contributed by atoms with E-state index >= 15 is 0 Å². The van der Waals surface area contributed by atoms with Gasteiger partial charge in [-0.1, -0.05) is 6.92 Å². The predicted octanol–water partition coefficient (Wildman–Crippen LogP) is 2.53. The summed E-state index contributed by atoms with van der Waals surface area (Å²) in [6.07, 6.45) is 3.66. The molecule has 0 bridgehead atoms. The molecule has 2 unspecified atom stereocenters. The summed E-state index contributed by atoms with van der Waals surface area (Å²) in [5, 5.41) is 12.7. The molecular weight excluding hydrogens is 268 g/mol. The molecule has 0 saturated carbocycles. The summed E-state index contributed by atoms with van der Waals surface area (Å²) in [6, 6.07) is 0.644. The van der Waals surface area contributed by atoms with Crippen LogP contribution in [0.15, 0.2) is 0 Å². The third kappa shape index (κ3) is 6.22. The van der Waals surface area contributed by atoms with Crippen molar-refractivity contribution in [2.45, 2.75) is 84.0 Å². The molecule has 1 heterocycles. The van der Waals surface area contributed by atoms with Crippen LogP contribution in [0.4, 0.5) is 4.79 Å². The Hall–Kier alpha value is -0.810. The topological polar surface area (TPSA) is 61.8 Å². The Balaban J connectivity index is 2.51. The van der Waals surface area contributed by atoms with Crippen molar-refractivity contribution >= 4 is 6.09 Å². The maximum absolute atomic E-state index is 12.2. The number of aliphatic hydroxyl groups excluding tert-OH is 1. The van der Waals surface area contributed by atoms with Gasteiger partial charge in [-0.3, -0.25) is 0 Å². The molecule has 1 aliphatic rings. The van der Waals surface area contributed by atoms with Gasteiger partial charge in [-0.25, -0.2) is 4.79 Å². The number of likely N-dealkylation sites (tertiary alicyclic amines) is 1. The van der Waals surface area contributed by atoms with Crippen LogP contribution in [0.25, 0.3) is 0 Å². The Morgan fingerprint density at radius 1 is 1.48 bits per heavy atom. The molecule has 0 aromatic rings. The number of carbonyl (C=O) groups excluding carboxylic acids is 1. The number of nitrogens with zero attached hydrogens (tertiary/aromatic N) is 1. The third-order valence-electron chi connectivity index (χ3n) is 3.86. The van der Waals surface area contributed by atoms with E-state index in [9.17, 15) is 9.90 Å². The lowest BCUT2D eigenvalue weighted by molar-refractivity contribution is 0.0213. The lowest BCUT2D eigenvalue weighted by Crippen LogP contribution is -2.45. The number of amides is 1. The second kappa shape index (κ2) is 7.99. The number of ether oxygens (including phenoxy) is 1. The summed E-state index contributed by atoms with van der Waals surface area (Å²) < 4.78 is 5.48. The molecule has 5 heteroatoms. The molecule has 1 rings (SSSR count). The molecule has 1 amide bonds. The van der Waals surface area contributed by atoms with Gasteiger partial charge in [0.25, 0.3) is 0 Å². The first-order valence-electron chi connectivity index (χ1n) is 8.13. The lowest BCUT2D eigenvalue weighted by atomic mass is 10.0. The third-order valence-corrected chi connectivity index (χ3v) is 3.86. The van der Waals surface area contributed by atoms with Crippen molar-refractivity contribution in [3.63, 3.8) is 0 Å². The molecule has 5 nitrogen and oxygen atoms in total. The zero-order chi connectivity index (χ0) is 16.0. The number of aliphatic hydroxyl groups is 1. The molecule has 3 atom stereocenters. The summed E-state index contributed by atoms with van der Waals surface area (Å²) in [7, 11) is 0.